The van der Waals surface area contributed by atoms with Crippen LogP contribution >= 0.6 is 0 Å². The molecule has 2 aromatic rings. The highest BCUT2D eigenvalue weighted by molar-refractivity contribution is 5.98. The Bertz CT molecular complexity index is 760. The highest BCUT2D eigenvalue weighted by atomic mass is 16.5. The lowest BCUT2D eigenvalue weighted by Gasteiger charge is -2.13. The van der Waals surface area contributed by atoms with Gasteiger partial charge in [0.1, 0.15) is 11.3 Å². The maximum atomic E-state index is 12.1. The van der Waals surface area contributed by atoms with Crippen molar-refractivity contribution in [3.8, 4) is 0 Å². The molecular formula is C16H17N3O5. The van der Waals surface area contributed by atoms with Crippen molar-refractivity contribution in [1.29, 1.82) is 0 Å². The number of hydrogen-bond acceptors (Lipinski definition) is 6. The highest BCUT2D eigenvalue weighted by Gasteiger charge is 2.24. The summed E-state index contributed by atoms with van der Waals surface area (Å²) in [4.78, 5) is 35.2. The number of hydrogen-bond donors (Lipinski definition) is 2. The summed E-state index contributed by atoms with van der Waals surface area (Å²) in [5.41, 5.74) is 6.52. The Labute approximate surface area is 137 Å². The first-order valence-electron chi connectivity index (χ1n) is 7.14. The number of carbonyl (C=O) groups excluding carboxylic acids is 3. The Morgan fingerprint density at radius 3 is 2.33 bits per heavy atom. The van der Waals surface area contributed by atoms with E-state index >= 15 is 0 Å². The van der Waals surface area contributed by atoms with E-state index in [0.717, 1.165) is 0 Å². The lowest BCUT2D eigenvalue weighted by Crippen LogP contribution is -2.30. The molecule has 1 unspecified atom stereocenters. The van der Waals surface area contributed by atoms with Gasteiger partial charge in [-0.25, -0.2) is 4.79 Å². The molecule has 0 fully saturated rings. The van der Waals surface area contributed by atoms with E-state index in [0.29, 0.717) is 22.7 Å². The monoisotopic (exact) mass is 331 g/mol. The molecule has 0 bridgehead atoms. The highest BCUT2D eigenvalue weighted by Crippen LogP contribution is 2.15. The van der Waals surface area contributed by atoms with Crippen LogP contribution in [-0.2, 0) is 9.53 Å². The molecular weight excluding hydrogens is 314 g/mol. The van der Waals surface area contributed by atoms with E-state index in [9.17, 15) is 14.4 Å². The Kier molecular flexibility index (Phi) is 4.98. The van der Waals surface area contributed by atoms with Crippen LogP contribution in [0.3, 0.4) is 0 Å². The SMILES string of the molecule is Cc1noc(C)c1C(=O)OC(C)C(=O)Nc1ccc(C(N)=O)cc1. The third-order valence-electron chi connectivity index (χ3n) is 3.33. The van der Waals surface area contributed by atoms with Crippen LogP contribution in [0.4, 0.5) is 5.69 Å². The van der Waals surface area contributed by atoms with Gasteiger partial charge in [0, 0.05) is 11.3 Å². The van der Waals surface area contributed by atoms with Crippen LogP contribution in [0.15, 0.2) is 28.8 Å². The van der Waals surface area contributed by atoms with Crippen LogP contribution in [0, 0.1) is 13.8 Å². The van der Waals surface area contributed by atoms with E-state index in [4.69, 9.17) is 15.0 Å². The first kappa shape index (κ1) is 17.2. The van der Waals surface area contributed by atoms with E-state index < -0.39 is 23.9 Å². The maximum absolute atomic E-state index is 12.1. The minimum Gasteiger partial charge on any atom is -0.449 e. The van der Waals surface area contributed by atoms with Gasteiger partial charge in [0.05, 0.1) is 5.69 Å². The second-order valence-electron chi connectivity index (χ2n) is 5.18. The number of rotatable bonds is 5. The first-order chi connectivity index (χ1) is 11.3. The maximum Gasteiger partial charge on any atom is 0.344 e. The van der Waals surface area contributed by atoms with Crippen molar-refractivity contribution in [3.63, 3.8) is 0 Å². The molecule has 0 radical (unpaired) electrons. The van der Waals surface area contributed by atoms with Gasteiger partial charge in [-0.15, -0.1) is 0 Å². The summed E-state index contributed by atoms with van der Waals surface area (Å²) in [7, 11) is 0. The zero-order valence-corrected chi connectivity index (χ0v) is 13.5. The predicted octanol–water partition coefficient (Wildman–Crippen LogP) is 1.57. The van der Waals surface area contributed by atoms with Gasteiger partial charge in [-0.2, -0.15) is 0 Å². The number of nitrogens with two attached hydrogens (primary N) is 1. The van der Waals surface area contributed by atoms with E-state index in [-0.39, 0.29) is 5.56 Å². The molecule has 1 aromatic carbocycles. The molecule has 1 atom stereocenters. The molecule has 8 nitrogen and oxygen atoms in total. The van der Waals surface area contributed by atoms with Crippen molar-refractivity contribution < 1.29 is 23.6 Å². The fourth-order valence-corrected chi connectivity index (χ4v) is 2.01. The standard InChI is InChI=1S/C16H17N3O5/c1-8-13(9(2)24-19-8)16(22)23-10(3)15(21)18-12-6-4-11(5-7-12)14(17)20/h4-7,10H,1-3H3,(H2,17,20)(H,18,21). The molecule has 126 valence electrons. The number of carbonyl (C=O) groups is 3. The number of benzene rings is 1. The molecule has 2 rings (SSSR count). The van der Waals surface area contributed by atoms with Gasteiger partial charge in [0.15, 0.2) is 6.10 Å². The molecule has 1 aromatic heterocycles. The predicted molar refractivity (Wildman–Crippen MR) is 84.4 cm³/mol. The van der Waals surface area contributed by atoms with Crippen molar-refractivity contribution in [1.82, 2.24) is 5.16 Å². The zero-order valence-electron chi connectivity index (χ0n) is 13.5. The van der Waals surface area contributed by atoms with Crippen LogP contribution < -0.4 is 11.1 Å². The normalized spacial score (nSPS) is 11.6. The van der Waals surface area contributed by atoms with Crippen LogP contribution in [0.1, 0.15) is 39.1 Å². The molecule has 0 aliphatic carbocycles. The van der Waals surface area contributed by atoms with E-state index in [1.807, 2.05) is 0 Å². The van der Waals surface area contributed by atoms with Crippen molar-refractivity contribution in [2.75, 3.05) is 5.32 Å². The Morgan fingerprint density at radius 2 is 1.83 bits per heavy atom. The van der Waals surface area contributed by atoms with Gasteiger partial charge in [-0.3, -0.25) is 9.59 Å². The Balaban J connectivity index is 1.99. The molecule has 0 aliphatic rings. The molecule has 2 amide bonds. The number of anilines is 1. The zero-order chi connectivity index (χ0) is 17.9. The fraction of sp³-hybridized carbons (Fsp3) is 0.250. The number of nitrogens with zero attached hydrogens (tertiary/aromatic N) is 1. The van der Waals surface area contributed by atoms with Crippen LogP contribution in [-0.4, -0.2) is 29.0 Å². The molecule has 0 spiro atoms. The summed E-state index contributed by atoms with van der Waals surface area (Å²) in [6.07, 6.45) is -1.03. The van der Waals surface area contributed by atoms with Crippen molar-refractivity contribution >= 4 is 23.5 Å². The van der Waals surface area contributed by atoms with Gasteiger partial charge in [0.25, 0.3) is 5.91 Å². The Hall–Kier alpha value is -3.16. The third kappa shape index (κ3) is 3.78. The quantitative estimate of drug-likeness (QED) is 0.801. The summed E-state index contributed by atoms with van der Waals surface area (Å²) in [5, 5.41) is 6.25. The van der Waals surface area contributed by atoms with Gasteiger partial charge in [-0.05, 0) is 45.0 Å². The first-order valence-corrected chi connectivity index (χ1v) is 7.14. The lowest BCUT2D eigenvalue weighted by molar-refractivity contribution is -0.123. The number of primary amides is 1. The van der Waals surface area contributed by atoms with Gasteiger partial charge in [-0.1, -0.05) is 5.16 Å². The average Bonchev–Trinajstić information content (AvgIpc) is 2.86. The topological polar surface area (TPSA) is 125 Å². The van der Waals surface area contributed by atoms with Gasteiger partial charge in [0.2, 0.25) is 5.91 Å². The molecule has 8 heteroatoms. The number of amides is 2. The fourth-order valence-electron chi connectivity index (χ4n) is 2.01. The average molecular weight is 331 g/mol. The van der Waals surface area contributed by atoms with Crippen molar-refractivity contribution in [2.24, 2.45) is 5.73 Å². The summed E-state index contributed by atoms with van der Waals surface area (Å²) in [5.74, 6) is -1.43. The summed E-state index contributed by atoms with van der Waals surface area (Å²) >= 11 is 0. The largest absolute Gasteiger partial charge is 0.449 e. The van der Waals surface area contributed by atoms with Gasteiger partial charge >= 0.3 is 5.97 Å². The molecule has 24 heavy (non-hydrogen) atoms. The van der Waals surface area contributed by atoms with Crippen LogP contribution in [0.25, 0.3) is 0 Å². The smallest absolute Gasteiger partial charge is 0.344 e. The molecule has 0 saturated carbocycles. The number of ether oxygens (including phenoxy) is 1. The van der Waals surface area contributed by atoms with Crippen molar-refractivity contribution in [3.05, 3.63) is 46.8 Å². The number of aromatic nitrogens is 1. The van der Waals surface area contributed by atoms with E-state index in [1.54, 1.807) is 13.8 Å². The second kappa shape index (κ2) is 6.95. The molecule has 0 aliphatic heterocycles. The lowest BCUT2D eigenvalue weighted by atomic mass is 10.2. The van der Waals surface area contributed by atoms with Crippen LogP contribution in [0.5, 0.6) is 0 Å². The summed E-state index contributed by atoms with van der Waals surface area (Å²) in [6.45, 7) is 4.64. The summed E-state index contributed by atoms with van der Waals surface area (Å²) in [6, 6.07) is 6.03. The van der Waals surface area contributed by atoms with Crippen LogP contribution in [0.2, 0.25) is 0 Å². The number of aryl methyl sites for hydroxylation is 2. The minimum atomic E-state index is -1.03. The van der Waals surface area contributed by atoms with E-state index in [2.05, 4.69) is 10.5 Å². The molecule has 1 heterocycles. The number of esters is 1. The van der Waals surface area contributed by atoms with Crippen molar-refractivity contribution in [2.45, 2.75) is 26.9 Å². The third-order valence-corrected chi connectivity index (χ3v) is 3.33. The number of nitrogens with one attached hydrogen (secondary N) is 1. The minimum absolute atomic E-state index is 0.209. The second-order valence-corrected chi connectivity index (χ2v) is 5.18. The molecule has 0 saturated heterocycles. The summed E-state index contributed by atoms with van der Waals surface area (Å²) < 4.78 is 10.0. The van der Waals surface area contributed by atoms with Gasteiger partial charge < -0.3 is 20.3 Å². The Morgan fingerprint density at radius 1 is 1.21 bits per heavy atom. The molecule has 3 N–H and O–H groups in total. The van der Waals surface area contributed by atoms with E-state index in [1.165, 1.54) is 31.2 Å².